The van der Waals surface area contributed by atoms with Crippen molar-refractivity contribution in [3.63, 3.8) is 0 Å². The molecule has 0 aliphatic rings. The van der Waals surface area contributed by atoms with Gasteiger partial charge in [-0.1, -0.05) is 18.5 Å². The fraction of sp³-hybridized carbons (Fsp3) is 0.357. The molecule has 0 aliphatic heterocycles. The van der Waals surface area contributed by atoms with E-state index >= 15 is 0 Å². The number of amides is 4. The summed E-state index contributed by atoms with van der Waals surface area (Å²) < 4.78 is 4.63. The smallest absolute Gasteiger partial charge is 0.325 e. The summed E-state index contributed by atoms with van der Waals surface area (Å²) in [7, 11) is 0. The van der Waals surface area contributed by atoms with Crippen LogP contribution in [0.15, 0.2) is 18.3 Å². The highest BCUT2D eigenvalue weighted by atomic mass is 35.5. The number of hydrogen-bond donors (Lipinski definition) is 3. The Balaban J connectivity index is 2.27. The van der Waals surface area contributed by atoms with Crippen molar-refractivity contribution in [2.75, 3.05) is 19.7 Å². The van der Waals surface area contributed by atoms with E-state index in [1.165, 1.54) is 18.3 Å². The van der Waals surface area contributed by atoms with E-state index in [1.807, 2.05) is 12.2 Å². The third-order valence-corrected chi connectivity index (χ3v) is 2.74. The predicted octanol–water partition coefficient (Wildman–Crippen LogP) is 0.244. The molecule has 9 nitrogen and oxygen atoms in total. The van der Waals surface area contributed by atoms with E-state index in [9.17, 15) is 19.2 Å². The number of nitrogens with one attached hydrogen (secondary N) is 3. The van der Waals surface area contributed by atoms with E-state index in [0.29, 0.717) is 11.6 Å². The van der Waals surface area contributed by atoms with Crippen molar-refractivity contribution < 1.29 is 23.9 Å². The lowest BCUT2D eigenvalue weighted by Crippen LogP contribution is -2.42. The lowest BCUT2D eigenvalue weighted by Gasteiger charge is -2.07. The van der Waals surface area contributed by atoms with Gasteiger partial charge in [0.05, 0.1) is 0 Å². The number of hydrogen-bond acceptors (Lipinski definition) is 6. The SMILES string of the molecule is CCCNC(=O)NC(=O)COC(=O)CNC(=O)c1cc(Cl)ccn1. The molecule has 24 heavy (non-hydrogen) atoms. The molecule has 0 saturated carbocycles. The van der Waals surface area contributed by atoms with Crippen LogP contribution in [0, 0.1) is 0 Å². The first kappa shape index (κ1) is 19.4. The van der Waals surface area contributed by atoms with Crippen molar-refractivity contribution in [1.29, 1.82) is 0 Å². The van der Waals surface area contributed by atoms with E-state index < -0.39 is 37.0 Å². The number of carbonyl (C=O) groups excluding carboxylic acids is 4. The highest BCUT2D eigenvalue weighted by molar-refractivity contribution is 6.30. The molecule has 10 heteroatoms. The Labute approximate surface area is 143 Å². The van der Waals surface area contributed by atoms with E-state index in [0.717, 1.165) is 6.42 Å². The number of aromatic nitrogens is 1. The monoisotopic (exact) mass is 356 g/mol. The van der Waals surface area contributed by atoms with Gasteiger partial charge in [0.1, 0.15) is 12.2 Å². The molecule has 1 rings (SSSR count). The van der Waals surface area contributed by atoms with E-state index in [-0.39, 0.29) is 5.69 Å². The Morgan fingerprint density at radius 1 is 1.25 bits per heavy atom. The average molecular weight is 357 g/mol. The van der Waals surface area contributed by atoms with E-state index in [1.54, 1.807) is 0 Å². The maximum atomic E-state index is 11.7. The molecular formula is C14H17ClN4O5. The molecule has 1 aromatic rings. The molecule has 3 N–H and O–H groups in total. The lowest BCUT2D eigenvalue weighted by molar-refractivity contribution is -0.147. The van der Waals surface area contributed by atoms with Gasteiger partial charge in [0.25, 0.3) is 11.8 Å². The van der Waals surface area contributed by atoms with Crippen LogP contribution in [0.3, 0.4) is 0 Å². The summed E-state index contributed by atoms with van der Waals surface area (Å²) in [6, 6.07) is 2.17. The van der Waals surface area contributed by atoms with Crippen molar-refractivity contribution >= 4 is 35.4 Å². The quantitative estimate of drug-likeness (QED) is 0.601. The Bertz CT molecular complexity index is 623. The normalized spacial score (nSPS) is 9.75. The molecule has 0 aromatic carbocycles. The molecule has 0 unspecified atom stereocenters. The molecule has 0 aliphatic carbocycles. The minimum atomic E-state index is -0.838. The van der Waals surface area contributed by atoms with Crippen molar-refractivity contribution in [3.8, 4) is 0 Å². The maximum Gasteiger partial charge on any atom is 0.325 e. The molecule has 4 amide bonds. The zero-order valence-electron chi connectivity index (χ0n) is 12.9. The summed E-state index contributed by atoms with van der Waals surface area (Å²) in [4.78, 5) is 49.5. The molecule has 130 valence electrons. The highest BCUT2D eigenvalue weighted by Crippen LogP contribution is 2.07. The molecule has 0 saturated heterocycles. The van der Waals surface area contributed by atoms with Gasteiger partial charge in [-0.25, -0.2) is 4.79 Å². The van der Waals surface area contributed by atoms with Gasteiger partial charge in [-0.2, -0.15) is 0 Å². The summed E-state index contributed by atoms with van der Waals surface area (Å²) in [6.07, 6.45) is 2.07. The summed E-state index contributed by atoms with van der Waals surface area (Å²) in [5.74, 6) is -2.23. The summed E-state index contributed by atoms with van der Waals surface area (Å²) >= 11 is 5.72. The van der Waals surface area contributed by atoms with Crippen LogP contribution in [0.25, 0.3) is 0 Å². The number of imide groups is 1. The number of urea groups is 1. The molecule has 0 bridgehead atoms. The second-order valence-electron chi connectivity index (χ2n) is 4.51. The number of halogens is 1. The summed E-state index contributed by atoms with van der Waals surface area (Å²) in [6.45, 7) is 1.19. The predicted molar refractivity (Wildman–Crippen MR) is 84.4 cm³/mol. The van der Waals surface area contributed by atoms with Gasteiger partial charge < -0.3 is 15.4 Å². The van der Waals surface area contributed by atoms with Crippen LogP contribution in [0.5, 0.6) is 0 Å². The molecular weight excluding hydrogens is 340 g/mol. The summed E-state index contributed by atoms with van der Waals surface area (Å²) in [5.41, 5.74) is 0.0423. The largest absolute Gasteiger partial charge is 0.454 e. The molecule has 0 fully saturated rings. The van der Waals surface area contributed by atoms with Crippen molar-refractivity contribution in [2.24, 2.45) is 0 Å². The van der Waals surface area contributed by atoms with Crippen LogP contribution >= 0.6 is 11.6 Å². The first-order valence-corrected chi connectivity index (χ1v) is 7.43. The van der Waals surface area contributed by atoms with Crippen LogP contribution < -0.4 is 16.0 Å². The number of rotatable bonds is 7. The van der Waals surface area contributed by atoms with Crippen molar-refractivity contribution in [3.05, 3.63) is 29.0 Å². The Kier molecular flexibility index (Phi) is 8.20. The molecule has 0 radical (unpaired) electrons. The van der Waals surface area contributed by atoms with Crippen LogP contribution in [0.4, 0.5) is 4.79 Å². The van der Waals surface area contributed by atoms with Gasteiger partial charge in [0.15, 0.2) is 6.61 Å². The van der Waals surface area contributed by atoms with E-state index in [2.05, 4.69) is 20.4 Å². The van der Waals surface area contributed by atoms with Crippen LogP contribution in [0.2, 0.25) is 5.02 Å². The zero-order valence-corrected chi connectivity index (χ0v) is 13.7. The Morgan fingerprint density at radius 2 is 2.00 bits per heavy atom. The van der Waals surface area contributed by atoms with Gasteiger partial charge in [-0.15, -0.1) is 0 Å². The van der Waals surface area contributed by atoms with Gasteiger partial charge in [0, 0.05) is 17.8 Å². The van der Waals surface area contributed by atoms with Gasteiger partial charge in [0.2, 0.25) is 0 Å². The van der Waals surface area contributed by atoms with Gasteiger partial charge >= 0.3 is 12.0 Å². The molecule has 0 atom stereocenters. The fourth-order valence-corrected chi connectivity index (χ4v) is 1.57. The minimum absolute atomic E-state index is 0.0423. The second kappa shape index (κ2) is 10.2. The maximum absolute atomic E-state index is 11.7. The summed E-state index contributed by atoms with van der Waals surface area (Å²) in [5, 5.41) is 7.02. The Morgan fingerprint density at radius 3 is 2.67 bits per heavy atom. The van der Waals surface area contributed by atoms with Crippen molar-refractivity contribution in [1.82, 2.24) is 20.9 Å². The Hall–Kier alpha value is -2.68. The zero-order chi connectivity index (χ0) is 17.9. The standard InChI is InChI=1S/C14H17ClN4O5/c1-2-4-17-14(23)19-11(20)8-24-12(21)7-18-13(22)10-6-9(15)3-5-16-10/h3,5-6H,2,4,7-8H2,1H3,(H,18,22)(H2,17,19,20,23). The average Bonchev–Trinajstić information content (AvgIpc) is 2.55. The molecule has 0 spiro atoms. The number of esters is 1. The number of carbonyl (C=O) groups is 4. The third-order valence-electron chi connectivity index (χ3n) is 2.50. The number of pyridine rings is 1. The van der Waals surface area contributed by atoms with Gasteiger partial charge in [-0.05, 0) is 18.6 Å². The van der Waals surface area contributed by atoms with Crippen LogP contribution in [-0.2, 0) is 14.3 Å². The fourth-order valence-electron chi connectivity index (χ4n) is 1.41. The first-order chi connectivity index (χ1) is 11.4. The lowest BCUT2D eigenvalue weighted by atomic mass is 10.3. The molecule has 1 heterocycles. The van der Waals surface area contributed by atoms with Crippen LogP contribution in [-0.4, -0.2) is 48.5 Å². The topological polar surface area (TPSA) is 126 Å². The minimum Gasteiger partial charge on any atom is -0.454 e. The van der Waals surface area contributed by atoms with E-state index in [4.69, 9.17) is 11.6 Å². The number of ether oxygens (including phenoxy) is 1. The van der Waals surface area contributed by atoms with Crippen molar-refractivity contribution in [2.45, 2.75) is 13.3 Å². The second-order valence-corrected chi connectivity index (χ2v) is 4.94. The number of nitrogens with zero attached hydrogens (tertiary/aromatic N) is 1. The molecule has 1 aromatic heterocycles. The third kappa shape index (κ3) is 7.54. The highest BCUT2D eigenvalue weighted by Gasteiger charge is 2.13. The first-order valence-electron chi connectivity index (χ1n) is 7.05. The van der Waals surface area contributed by atoms with Gasteiger partial charge in [-0.3, -0.25) is 24.7 Å². The van der Waals surface area contributed by atoms with Crippen LogP contribution in [0.1, 0.15) is 23.8 Å².